The second-order valence-corrected chi connectivity index (χ2v) is 2.37. The Morgan fingerprint density at radius 3 is 2.86 bits per heavy atom. The summed E-state index contributed by atoms with van der Waals surface area (Å²) in [7, 11) is 0. The van der Waals surface area contributed by atoms with Gasteiger partial charge in [-0.1, -0.05) is 0 Å². The van der Waals surface area contributed by atoms with E-state index in [0.717, 1.165) is 18.0 Å². The SMILES string of the molecule is NC1=NSCCC1. The predicted octanol–water partition coefficient (Wildman–Crippen LogP) is 0.786. The molecule has 3 heteroatoms. The van der Waals surface area contributed by atoms with Crippen molar-refractivity contribution in [1.82, 2.24) is 0 Å². The fourth-order valence-electron chi connectivity index (χ4n) is 0.492. The van der Waals surface area contributed by atoms with Crippen molar-refractivity contribution in [3.63, 3.8) is 0 Å². The lowest BCUT2D eigenvalue weighted by atomic mass is 10.3. The molecule has 1 heterocycles. The minimum atomic E-state index is 0.802. The Bertz CT molecular complexity index is 89.7. The van der Waals surface area contributed by atoms with E-state index in [9.17, 15) is 0 Å². The van der Waals surface area contributed by atoms with Crippen molar-refractivity contribution in [3.05, 3.63) is 0 Å². The molecule has 0 fully saturated rings. The van der Waals surface area contributed by atoms with Gasteiger partial charge in [-0.3, -0.25) is 0 Å². The van der Waals surface area contributed by atoms with Crippen LogP contribution in [0.4, 0.5) is 0 Å². The number of nitrogens with zero attached hydrogens (tertiary/aromatic N) is 1. The van der Waals surface area contributed by atoms with Crippen LogP contribution in [0.25, 0.3) is 0 Å². The van der Waals surface area contributed by atoms with Crippen LogP contribution < -0.4 is 5.73 Å². The zero-order chi connectivity index (χ0) is 5.11. The van der Waals surface area contributed by atoms with Gasteiger partial charge in [0.05, 0.1) is 0 Å². The van der Waals surface area contributed by atoms with Gasteiger partial charge in [-0.2, -0.15) is 0 Å². The Labute approximate surface area is 47.3 Å². The fraction of sp³-hybridized carbons (Fsp3) is 0.750. The molecule has 0 atom stereocenters. The Morgan fingerprint density at radius 2 is 2.57 bits per heavy atom. The van der Waals surface area contributed by atoms with Crippen molar-refractivity contribution in [3.8, 4) is 0 Å². The minimum absolute atomic E-state index is 0.802. The molecule has 0 spiro atoms. The summed E-state index contributed by atoms with van der Waals surface area (Å²) >= 11 is 1.57. The Hall–Kier alpha value is -0.180. The molecule has 1 rings (SSSR count). The third-order valence-electron chi connectivity index (χ3n) is 0.850. The molecule has 0 saturated carbocycles. The molecule has 0 aromatic rings. The molecule has 0 radical (unpaired) electrons. The van der Waals surface area contributed by atoms with Crippen molar-refractivity contribution < 1.29 is 0 Å². The van der Waals surface area contributed by atoms with E-state index in [4.69, 9.17) is 5.73 Å². The fourth-order valence-corrected chi connectivity index (χ4v) is 1.11. The molecular weight excluding hydrogens is 108 g/mol. The van der Waals surface area contributed by atoms with Gasteiger partial charge in [0, 0.05) is 12.2 Å². The number of hydrogen-bond acceptors (Lipinski definition) is 3. The molecule has 0 bridgehead atoms. The van der Waals surface area contributed by atoms with Gasteiger partial charge >= 0.3 is 0 Å². The van der Waals surface area contributed by atoms with Crippen LogP contribution >= 0.6 is 11.9 Å². The number of rotatable bonds is 0. The van der Waals surface area contributed by atoms with Crippen LogP contribution in [-0.4, -0.2) is 11.6 Å². The first-order valence-corrected chi connectivity index (χ1v) is 3.28. The average molecular weight is 116 g/mol. The van der Waals surface area contributed by atoms with Crippen LogP contribution in [0.15, 0.2) is 4.40 Å². The van der Waals surface area contributed by atoms with Crippen LogP contribution in [0, 0.1) is 0 Å². The van der Waals surface area contributed by atoms with Gasteiger partial charge in [0.15, 0.2) is 0 Å². The Morgan fingerprint density at radius 1 is 1.71 bits per heavy atom. The first-order valence-electron chi connectivity index (χ1n) is 2.34. The molecule has 1 aliphatic heterocycles. The molecule has 40 valence electrons. The first kappa shape index (κ1) is 4.97. The lowest BCUT2D eigenvalue weighted by molar-refractivity contribution is 0.987. The average Bonchev–Trinajstić information content (AvgIpc) is 1.69. The maximum absolute atomic E-state index is 5.36. The third-order valence-corrected chi connectivity index (χ3v) is 1.69. The molecule has 7 heavy (non-hydrogen) atoms. The highest BCUT2D eigenvalue weighted by Crippen LogP contribution is 2.11. The van der Waals surface area contributed by atoms with E-state index in [0.29, 0.717) is 0 Å². The summed E-state index contributed by atoms with van der Waals surface area (Å²) < 4.78 is 3.94. The second kappa shape index (κ2) is 2.21. The standard InChI is InChI=1S/C4H8N2S/c5-4-2-1-3-7-6-4/h1-3H2,(H2,5,6). The minimum Gasteiger partial charge on any atom is -0.387 e. The number of amidine groups is 1. The first-order chi connectivity index (χ1) is 3.39. The highest BCUT2D eigenvalue weighted by atomic mass is 32.2. The summed E-state index contributed by atoms with van der Waals surface area (Å²) in [6.07, 6.45) is 2.19. The summed E-state index contributed by atoms with van der Waals surface area (Å²) in [5.74, 6) is 1.94. The summed E-state index contributed by atoms with van der Waals surface area (Å²) in [5, 5.41) is 0. The van der Waals surface area contributed by atoms with Crippen molar-refractivity contribution in [1.29, 1.82) is 0 Å². The molecule has 0 saturated heterocycles. The van der Waals surface area contributed by atoms with Gasteiger partial charge in [-0.15, -0.1) is 0 Å². The summed E-state index contributed by atoms with van der Waals surface area (Å²) in [6, 6.07) is 0. The molecule has 0 aromatic carbocycles. The van der Waals surface area contributed by atoms with Crippen LogP contribution in [0.2, 0.25) is 0 Å². The Balaban J connectivity index is 2.40. The highest BCUT2D eigenvalue weighted by molar-refractivity contribution is 7.98. The second-order valence-electron chi connectivity index (χ2n) is 1.52. The van der Waals surface area contributed by atoms with Crippen molar-refractivity contribution in [2.45, 2.75) is 12.8 Å². The van der Waals surface area contributed by atoms with E-state index in [1.807, 2.05) is 0 Å². The van der Waals surface area contributed by atoms with Crippen molar-refractivity contribution in [2.75, 3.05) is 5.75 Å². The van der Waals surface area contributed by atoms with E-state index in [1.165, 1.54) is 6.42 Å². The summed E-state index contributed by atoms with van der Waals surface area (Å²) in [6.45, 7) is 0. The topological polar surface area (TPSA) is 38.4 Å². The third kappa shape index (κ3) is 1.39. The van der Waals surface area contributed by atoms with Crippen LogP contribution in [0.3, 0.4) is 0 Å². The number of nitrogens with two attached hydrogens (primary N) is 1. The largest absolute Gasteiger partial charge is 0.387 e. The summed E-state index contributed by atoms with van der Waals surface area (Å²) in [5.41, 5.74) is 5.36. The molecular formula is C4H8N2S. The maximum atomic E-state index is 5.36. The van der Waals surface area contributed by atoms with Crippen molar-refractivity contribution in [2.24, 2.45) is 10.1 Å². The van der Waals surface area contributed by atoms with Gasteiger partial charge in [-0.05, 0) is 18.4 Å². The highest BCUT2D eigenvalue weighted by Gasteiger charge is 1.98. The van der Waals surface area contributed by atoms with Gasteiger partial charge in [0.25, 0.3) is 0 Å². The molecule has 1 aliphatic rings. The van der Waals surface area contributed by atoms with Crippen LogP contribution in [0.5, 0.6) is 0 Å². The summed E-state index contributed by atoms with van der Waals surface area (Å²) in [4.78, 5) is 0. The maximum Gasteiger partial charge on any atom is 0.107 e. The van der Waals surface area contributed by atoms with Gasteiger partial charge in [-0.25, -0.2) is 4.40 Å². The van der Waals surface area contributed by atoms with Crippen molar-refractivity contribution >= 4 is 17.8 Å². The Kier molecular flexibility index (Phi) is 1.57. The molecule has 2 nitrogen and oxygen atoms in total. The lowest BCUT2D eigenvalue weighted by Gasteiger charge is -2.03. The smallest absolute Gasteiger partial charge is 0.107 e. The zero-order valence-corrected chi connectivity index (χ0v) is 4.87. The van der Waals surface area contributed by atoms with E-state index in [-0.39, 0.29) is 0 Å². The van der Waals surface area contributed by atoms with E-state index in [1.54, 1.807) is 11.9 Å². The normalized spacial score (nSPS) is 21.4. The van der Waals surface area contributed by atoms with E-state index < -0.39 is 0 Å². The van der Waals surface area contributed by atoms with Gasteiger partial charge < -0.3 is 5.73 Å². The molecule has 2 N–H and O–H groups in total. The predicted molar refractivity (Wildman–Crippen MR) is 33.3 cm³/mol. The monoisotopic (exact) mass is 116 g/mol. The van der Waals surface area contributed by atoms with E-state index in [2.05, 4.69) is 4.40 Å². The van der Waals surface area contributed by atoms with E-state index >= 15 is 0 Å². The lowest BCUT2D eigenvalue weighted by Crippen LogP contribution is -2.13. The van der Waals surface area contributed by atoms with Crippen LogP contribution in [0.1, 0.15) is 12.8 Å². The molecule has 0 aliphatic carbocycles. The molecule has 0 amide bonds. The van der Waals surface area contributed by atoms with Gasteiger partial charge in [0.2, 0.25) is 0 Å². The number of hydrogen-bond donors (Lipinski definition) is 1. The molecule has 0 unspecified atom stereocenters. The zero-order valence-electron chi connectivity index (χ0n) is 4.05. The van der Waals surface area contributed by atoms with Gasteiger partial charge in [0.1, 0.15) is 5.84 Å². The quantitative estimate of drug-likeness (QED) is 0.475. The van der Waals surface area contributed by atoms with Crippen LogP contribution in [-0.2, 0) is 0 Å². The molecule has 0 aromatic heterocycles.